The average molecular weight is 414 g/mol. The quantitative estimate of drug-likeness (QED) is 0.435. The van der Waals surface area contributed by atoms with Gasteiger partial charge < -0.3 is 10.1 Å². The van der Waals surface area contributed by atoms with Gasteiger partial charge in [-0.3, -0.25) is 9.59 Å². The van der Waals surface area contributed by atoms with E-state index in [4.69, 9.17) is 16.3 Å². The highest BCUT2D eigenvalue weighted by atomic mass is 35.5. The van der Waals surface area contributed by atoms with E-state index in [1.54, 1.807) is 0 Å². The van der Waals surface area contributed by atoms with Crippen molar-refractivity contribution in [3.05, 3.63) is 70.7 Å². The van der Waals surface area contributed by atoms with Crippen LogP contribution >= 0.6 is 23.4 Å². The molecular weight excluding hydrogens is 394 g/mol. The van der Waals surface area contributed by atoms with Gasteiger partial charge in [0.25, 0.3) is 5.91 Å². The molecule has 0 aliphatic rings. The average Bonchev–Trinajstić information content (AvgIpc) is 2.68. The Hall–Kier alpha value is -2.50. The van der Waals surface area contributed by atoms with Crippen LogP contribution in [0.4, 0.5) is 5.69 Å². The zero-order chi connectivity index (χ0) is 20.1. The molecule has 0 unspecified atom stereocenters. The molecule has 4 nitrogen and oxygen atoms in total. The number of hydrogen-bond acceptors (Lipinski definition) is 4. The number of ether oxygens (including phenoxy) is 1. The lowest BCUT2D eigenvalue weighted by atomic mass is 10.1. The van der Waals surface area contributed by atoms with Crippen molar-refractivity contribution in [2.45, 2.75) is 18.7 Å². The molecule has 0 fully saturated rings. The van der Waals surface area contributed by atoms with Crippen molar-refractivity contribution in [2.75, 3.05) is 17.7 Å². The Morgan fingerprint density at radius 2 is 1.64 bits per heavy atom. The summed E-state index contributed by atoms with van der Waals surface area (Å²) in [5.74, 6) is -0.712. The number of fused-ring (bicyclic) bond motifs is 1. The monoisotopic (exact) mass is 413 g/mol. The third-order valence-electron chi connectivity index (χ3n) is 4.27. The smallest absolute Gasteiger partial charge is 0.316 e. The fraction of sp³-hybridized carbons (Fsp3) is 0.182. The van der Waals surface area contributed by atoms with Crippen molar-refractivity contribution >= 4 is 51.7 Å². The lowest BCUT2D eigenvalue weighted by Crippen LogP contribution is -2.22. The Bertz CT molecular complexity index is 1010. The van der Waals surface area contributed by atoms with Gasteiger partial charge in [0.1, 0.15) is 0 Å². The number of amides is 1. The number of carbonyl (C=O) groups is 2. The van der Waals surface area contributed by atoms with E-state index in [0.29, 0.717) is 5.02 Å². The molecule has 6 heteroatoms. The van der Waals surface area contributed by atoms with Crippen molar-refractivity contribution in [3.63, 3.8) is 0 Å². The Balaban J connectivity index is 1.55. The van der Waals surface area contributed by atoms with Crippen LogP contribution < -0.4 is 5.32 Å². The number of anilines is 1. The molecular formula is C22H20ClNO3S. The van der Waals surface area contributed by atoms with Crippen LogP contribution in [0.1, 0.15) is 11.1 Å². The minimum atomic E-state index is -0.453. The van der Waals surface area contributed by atoms with Gasteiger partial charge in [-0.15, -0.1) is 11.8 Å². The number of nitrogens with one attached hydrogen (secondary N) is 1. The molecule has 0 saturated heterocycles. The predicted molar refractivity (Wildman–Crippen MR) is 115 cm³/mol. The first kappa shape index (κ1) is 20.2. The minimum Gasteiger partial charge on any atom is -0.455 e. The minimum absolute atomic E-state index is 0.0982. The van der Waals surface area contributed by atoms with E-state index in [9.17, 15) is 9.59 Å². The number of para-hydroxylation sites is 1. The van der Waals surface area contributed by atoms with Gasteiger partial charge in [-0.1, -0.05) is 54.1 Å². The number of carbonyl (C=O) groups excluding carboxylic acids is 2. The van der Waals surface area contributed by atoms with E-state index in [0.717, 1.165) is 32.5 Å². The fourth-order valence-electron chi connectivity index (χ4n) is 2.89. The molecule has 3 rings (SSSR count). The van der Waals surface area contributed by atoms with Gasteiger partial charge in [0.05, 0.1) is 5.75 Å². The molecule has 1 N–H and O–H groups in total. The summed E-state index contributed by atoms with van der Waals surface area (Å²) in [6.07, 6.45) is 0. The Morgan fingerprint density at radius 1 is 1.00 bits per heavy atom. The molecule has 0 bridgehead atoms. The number of benzene rings is 3. The third kappa shape index (κ3) is 4.86. The van der Waals surface area contributed by atoms with E-state index >= 15 is 0 Å². The third-order valence-corrected chi connectivity index (χ3v) is 5.62. The van der Waals surface area contributed by atoms with Crippen molar-refractivity contribution in [2.24, 2.45) is 0 Å². The summed E-state index contributed by atoms with van der Waals surface area (Å²) in [6, 6.07) is 17.3. The van der Waals surface area contributed by atoms with Gasteiger partial charge in [-0.25, -0.2) is 0 Å². The largest absolute Gasteiger partial charge is 0.455 e. The number of esters is 1. The Kier molecular flexibility index (Phi) is 6.60. The van der Waals surface area contributed by atoms with Crippen LogP contribution in [0.2, 0.25) is 5.02 Å². The Labute approximate surface area is 173 Å². The number of thioether (sulfide) groups is 1. The zero-order valence-corrected chi connectivity index (χ0v) is 17.2. The van der Waals surface area contributed by atoms with Crippen LogP contribution in [0.15, 0.2) is 59.5 Å². The second-order valence-corrected chi connectivity index (χ2v) is 7.78. The van der Waals surface area contributed by atoms with Crippen molar-refractivity contribution in [1.82, 2.24) is 0 Å². The van der Waals surface area contributed by atoms with Gasteiger partial charge in [0.2, 0.25) is 0 Å². The lowest BCUT2D eigenvalue weighted by molar-refractivity contribution is -0.144. The highest BCUT2D eigenvalue weighted by Crippen LogP contribution is 2.33. The highest BCUT2D eigenvalue weighted by Gasteiger charge is 2.12. The molecule has 0 radical (unpaired) electrons. The zero-order valence-electron chi connectivity index (χ0n) is 15.6. The molecule has 0 aliphatic carbocycles. The number of halogens is 1. The number of hydrogen-bond donors (Lipinski definition) is 1. The Morgan fingerprint density at radius 3 is 2.36 bits per heavy atom. The summed E-state index contributed by atoms with van der Waals surface area (Å²) < 4.78 is 5.12. The molecule has 0 saturated carbocycles. The van der Waals surface area contributed by atoms with Crippen LogP contribution in [-0.2, 0) is 14.3 Å². The summed E-state index contributed by atoms with van der Waals surface area (Å²) in [5, 5.41) is 5.37. The van der Waals surface area contributed by atoms with E-state index in [1.807, 2.05) is 68.4 Å². The van der Waals surface area contributed by atoms with E-state index < -0.39 is 5.97 Å². The second-order valence-electron chi connectivity index (χ2n) is 6.36. The molecule has 0 aromatic heterocycles. The first-order valence-electron chi connectivity index (χ1n) is 8.77. The number of rotatable bonds is 6. The maximum Gasteiger partial charge on any atom is 0.316 e. The molecule has 28 heavy (non-hydrogen) atoms. The molecule has 0 aliphatic heterocycles. The maximum absolute atomic E-state index is 12.1. The lowest BCUT2D eigenvalue weighted by Gasteiger charge is -2.12. The molecule has 1 amide bonds. The van der Waals surface area contributed by atoms with E-state index in [2.05, 4.69) is 5.32 Å². The standard InChI is InChI=1S/C22H20ClNO3S/c1-14-6-3-7-15(2)22(14)24-19(25)12-27-20(26)13-28-18-11-5-9-16-8-4-10-17(23)21(16)18/h3-11H,12-13H2,1-2H3,(H,24,25). The van der Waals surface area contributed by atoms with Crippen LogP contribution in [0.25, 0.3) is 10.8 Å². The molecule has 0 atom stereocenters. The molecule has 0 spiro atoms. The number of aryl methyl sites for hydroxylation is 2. The fourth-order valence-corrected chi connectivity index (χ4v) is 4.14. The first-order valence-corrected chi connectivity index (χ1v) is 10.1. The van der Waals surface area contributed by atoms with Gasteiger partial charge in [-0.05, 0) is 42.5 Å². The van der Waals surface area contributed by atoms with Crippen LogP contribution in [0.5, 0.6) is 0 Å². The topological polar surface area (TPSA) is 55.4 Å². The van der Waals surface area contributed by atoms with E-state index in [-0.39, 0.29) is 18.3 Å². The summed E-state index contributed by atoms with van der Waals surface area (Å²) >= 11 is 7.64. The van der Waals surface area contributed by atoms with Crippen molar-refractivity contribution in [3.8, 4) is 0 Å². The maximum atomic E-state index is 12.1. The van der Waals surface area contributed by atoms with Crippen LogP contribution in [-0.4, -0.2) is 24.2 Å². The first-order chi connectivity index (χ1) is 13.5. The highest BCUT2D eigenvalue weighted by molar-refractivity contribution is 8.00. The van der Waals surface area contributed by atoms with Gasteiger partial charge in [0.15, 0.2) is 6.61 Å². The van der Waals surface area contributed by atoms with Gasteiger partial charge >= 0.3 is 5.97 Å². The second kappa shape index (κ2) is 9.13. The van der Waals surface area contributed by atoms with Crippen molar-refractivity contribution in [1.29, 1.82) is 0 Å². The van der Waals surface area contributed by atoms with Crippen LogP contribution in [0.3, 0.4) is 0 Å². The van der Waals surface area contributed by atoms with Crippen molar-refractivity contribution < 1.29 is 14.3 Å². The van der Waals surface area contributed by atoms with Gasteiger partial charge in [-0.2, -0.15) is 0 Å². The summed E-state index contributed by atoms with van der Waals surface area (Å²) in [4.78, 5) is 25.1. The summed E-state index contributed by atoms with van der Waals surface area (Å²) in [6.45, 7) is 3.52. The molecule has 3 aromatic rings. The SMILES string of the molecule is Cc1cccc(C)c1NC(=O)COC(=O)CSc1cccc2cccc(Cl)c12. The van der Waals surface area contributed by atoms with Gasteiger partial charge in [0, 0.05) is 21.0 Å². The molecule has 144 valence electrons. The normalized spacial score (nSPS) is 10.7. The summed E-state index contributed by atoms with van der Waals surface area (Å²) in [5.41, 5.74) is 2.68. The molecule has 0 heterocycles. The van der Waals surface area contributed by atoms with Crippen LogP contribution in [0, 0.1) is 13.8 Å². The summed E-state index contributed by atoms with van der Waals surface area (Å²) in [7, 11) is 0. The molecule has 3 aromatic carbocycles. The predicted octanol–water partition coefficient (Wildman–Crippen LogP) is 5.38. The van der Waals surface area contributed by atoms with E-state index in [1.165, 1.54) is 11.8 Å².